The van der Waals surface area contributed by atoms with E-state index >= 15 is 0 Å². The van der Waals surface area contributed by atoms with Gasteiger partial charge in [0.2, 0.25) is 15.9 Å². The molecule has 2 aromatic rings. The molecule has 4 rings (SSSR count). The van der Waals surface area contributed by atoms with Gasteiger partial charge in [0.05, 0.1) is 17.5 Å². The van der Waals surface area contributed by atoms with Crippen molar-refractivity contribution in [2.45, 2.75) is 43.5 Å². The highest BCUT2D eigenvalue weighted by molar-refractivity contribution is 7.89. The summed E-state index contributed by atoms with van der Waals surface area (Å²) in [6, 6.07) is 14.3. The van der Waals surface area contributed by atoms with E-state index in [1.807, 2.05) is 36.1 Å². The molecule has 8 heteroatoms. The average molecular weight is 477 g/mol. The SMILES string of the molecule is CCOc1ccc(C2CCCN2C(=O)C2CCN(S(=O)(=O)c3ccc(Cl)cc3)CC2)cc1. The number of nitrogens with zero attached hydrogens (tertiary/aromatic N) is 2. The monoisotopic (exact) mass is 476 g/mol. The number of likely N-dealkylation sites (tertiary alicyclic amines) is 1. The molecule has 1 unspecified atom stereocenters. The first kappa shape index (κ1) is 23.1. The zero-order valence-corrected chi connectivity index (χ0v) is 19.8. The van der Waals surface area contributed by atoms with Gasteiger partial charge in [-0.05, 0) is 74.6 Å². The number of halogens is 1. The highest BCUT2D eigenvalue weighted by Gasteiger charge is 2.37. The Morgan fingerprint density at radius 3 is 2.28 bits per heavy atom. The number of benzene rings is 2. The normalized spacial score (nSPS) is 20.4. The van der Waals surface area contributed by atoms with Crippen LogP contribution in [-0.2, 0) is 14.8 Å². The van der Waals surface area contributed by atoms with Crippen molar-refractivity contribution < 1.29 is 17.9 Å². The first-order valence-electron chi connectivity index (χ1n) is 11.2. The minimum Gasteiger partial charge on any atom is -0.494 e. The number of hydrogen-bond acceptors (Lipinski definition) is 4. The van der Waals surface area contributed by atoms with Gasteiger partial charge < -0.3 is 9.64 Å². The van der Waals surface area contributed by atoms with Gasteiger partial charge in [-0.25, -0.2) is 8.42 Å². The molecule has 2 saturated heterocycles. The molecule has 2 aliphatic rings. The van der Waals surface area contributed by atoms with Crippen LogP contribution in [0.3, 0.4) is 0 Å². The predicted molar refractivity (Wildman–Crippen MR) is 124 cm³/mol. The van der Waals surface area contributed by atoms with Crippen LogP contribution < -0.4 is 4.74 Å². The van der Waals surface area contributed by atoms with Crippen LogP contribution in [0, 0.1) is 5.92 Å². The molecule has 0 radical (unpaired) electrons. The van der Waals surface area contributed by atoms with Gasteiger partial charge in [0.15, 0.2) is 0 Å². The van der Waals surface area contributed by atoms with Gasteiger partial charge in [-0.2, -0.15) is 4.31 Å². The van der Waals surface area contributed by atoms with Crippen molar-refractivity contribution in [3.05, 3.63) is 59.1 Å². The third kappa shape index (κ3) is 4.80. The highest BCUT2D eigenvalue weighted by Crippen LogP contribution is 2.36. The summed E-state index contributed by atoms with van der Waals surface area (Å²) in [6.07, 6.45) is 3.01. The molecule has 0 saturated carbocycles. The van der Waals surface area contributed by atoms with Crippen LogP contribution in [0.15, 0.2) is 53.4 Å². The summed E-state index contributed by atoms with van der Waals surface area (Å²) < 4.78 is 32.8. The summed E-state index contributed by atoms with van der Waals surface area (Å²) in [5, 5.41) is 0.501. The van der Waals surface area contributed by atoms with Crippen LogP contribution >= 0.6 is 11.6 Å². The quantitative estimate of drug-likeness (QED) is 0.615. The number of sulfonamides is 1. The van der Waals surface area contributed by atoms with Crippen molar-refractivity contribution in [2.24, 2.45) is 5.92 Å². The summed E-state index contributed by atoms with van der Waals surface area (Å²) >= 11 is 5.88. The zero-order valence-electron chi connectivity index (χ0n) is 18.2. The molecule has 0 N–H and O–H groups in total. The minimum absolute atomic E-state index is 0.0778. The van der Waals surface area contributed by atoms with Crippen molar-refractivity contribution in [1.82, 2.24) is 9.21 Å². The van der Waals surface area contributed by atoms with Gasteiger partial charge in [0.1, 0.15) is 5.75 Å². The number of hydrogen-bond donors (Lipinski definition) is 0. The van der Waals surface area contributed by atoms with Crippen LogP contribution in [0.25, 0.3) is 0 Å². The second-order valence-electron chi connectivity index (χ2n) is 8.32. The van der Waals surface area contributed by atoms with Crippen molar-refractivity contribution >= 4 is 27.5 Å². The van der Waals surface area contributed by atoms with Gasteiger partial charge >= 0.3 is 0 Å². The molecule has 2 aromatic carbocycles. The van der Waals surface area contributed by atoms with Crippen LogP contribution in [-0.4, -0.2) is 49.8 Å². The zero-order chi connectivity index (χ0) is 22.7. The molecule has 1 amide bonds. The lowest BCUT2D eigenvalue weighted by Gasteiger charge is -2.34. The lowest BCUT2D eigenvalue weighted by molar-refractivity contribution is -0.137. The molecule has 2 aliphatic heterocycles. The topological polar surface area (TPSA) is 66.9 Å². The third-order valence-electron chi connectivity index (χ3n) is 6.37. The lowest BCUT2D eigenvalue weighted by Crippen LogP contribution is -2.44. The Kier molecular flexibility index (Phi) is 7.08. The van der Waals surface area contributed by atoms with Gasteiger partial charge in [0.25, 0.3) is 0 Å². The summed E-state index contributed by atoms with van der Waals surface area (Å²) in [4.78, 5) is 15.6. The molecule has 32 heavy (non-hydrogen) atoms. The Hall–Kier alpha value is -2.09. The Morgan fingerprint density at radius 1 is 1.00 bits per heavy atom. The fraction of sp³-hybridized carbons (Fsp3) is 0.458. The number of piperidine rings is 1. The molecule has 0 aromatic heterocycles. The van der Waals surface area contributed by atoms with Gasteiger partial charge in [-0.15, -0.1) is 0 Å². The average Bonchev–Trinajstić information content (AvgIpc) is 3.30. The van der Waals surface area contributed by atoms with E-state index < -0.39 is 10.0 Å². The molecule has 6 nitrogen and oxygen atoms in total. The van der Waals surface area contributed by atoms with E-state index in [1.165, 1.54) is 16.4 Å². The van der Waals surface area contributed by atoms with E-state index in [2.05, 4.69) is 0 Å². The van der Waals surface area contributed by atoms with Crippen molar-refractivity contribution in [1.29, 1.82) is 0 Å². The standard InChI is InChI=1S/C24H29ClN2O4S/c1-2-31-21-9-5-18(6-10-21)23-4-3-15-27(23)24(28)19-13-16-26(17-14-19)32(29,30)22-11-7-20(25)8-12-22/h5-12,19,23H,2-4,13-17H2,1H3. The summed E-state index contributed by atoms with van der Waals surface area (Å²) in [7, 11) is -3.57. The first-order valence-corrected chi connectivity index (χ1v) is 13.0. The predicted octanol–water partition coefficient (Wildman–Crippen LogP) is 4.50. The van der Waals surface area contributed by atoms with E-state index in [0.29, 0.717) is 37.6 Å². The number of ether oxygens (including phenoxy) is 1. The first-order chi connectivity index (χ1) is 15.4. The van der Waals surface area contributed by atoms with Crippen molar-refractivity contribution in [2.75, 3.05) is 26.2 Å². The molecular formula is C24H29ClN2O4S. The fourth-order valence-corrected chi connectivity index (χ4v) is 6.26. The molecule has 0 spiro atoms. The Morgan fingerprint density at radius 2 is 1.66 bits per heavy atom. The fourth-order valence-electron chi connectivity index (χ4n) is 4.66. The molecular weight excluding hydrogens is 448 g/mol. The van der Waals surface area contributed by atoms with Gasteiger partial charge in [-0.3, -0.25) is 4.79 Å². The lowest BCUT2D eigenvalue weighted by atomic mass is 9.95. The highest BCUT2D eigenvalue weighted by atomic mass is 35.5. The molecule has 2 fully saturated rings. The third-order valence-corrected chi connectivity index (χ3v) is 8.53. The Bertz CT molecular complexity index is 1030. The van der Waals surface area contributed by atoms with Gasteiger partial charge in [0, 0.05) is 30.6 Å². The summed E-state index contributed by atoms with van der Waals surface area (Å²) in [5.74, 6) is 0.835. The molecule has 0 aliphatic carbocycles. The van der Waals surface area contributed by atoms with Crippen LogP contribution in [0.1, 0.15) is 44.2 Å². The maximum absolute atomic E-state index is 13.3. The van der Waals surface area contributed by atoms with E-state index in [4.69, 9.17) is 16.3 Å². The Labute approximate surface area is 195 Å². The maximum atomic E-state index is 13.3. The van der Waals surface area contributed by atoms with Gasteiger partial charge in [-0.1, -0.05) is 23.7 Å². The molecule has 2 heterocycles. The van der Waals surface area contributed by atoms with Crippen molar-refractivity contribution in [3.8, 4) is 5.75 Å². The van der Waals surface area contributed by atoms with Crippen LogP contribution in [0.5, 0.6) is 5.75 Å². The van der Waals surface area contributed by atoms with E-state index in [1.54, 1.807) is 12.1 Å². The molecule has 0 bridgehead atoms. The van der Waals surface area contributed by atoms with E-state index in [0.717, 1.165) is 30.7 Å². The largest absolute Gasteiger partial charge is 0.494 e. The number of rotatable bonds is 6. The summed E-state index contributed by atoms with van der Waals surface area (Å²) in [5.41, 5.74) is 1.13. The minimum atomic E-state index is -3.57. The second-order valence-corrected chi connectivity index (χ2v) is 10.7. The summed E-state index contributed by atoms with van der Waals surface area (Å²) in [6.45, 7) is 4.03. The van der Waals surface area contributed by atoms with E-state index in [9.17, 15) is 13.2 Å². The van der Waals surface area contributed by atoms with Crippen LogP contribution in [0.2, 0.25) is 5.02 Å². The molecule has 1 atom stereocenters. The Balaban J connectivity index is 1.39. The number of carbonyl (C=O) groups is 1. The smallest absolute Gasteiger partial charge is 0.243 e. The second kappa shape index (κ2) is 9.81. The number of carbonyl (C=O) groups excluding carboxylic acids is 1. The molecule has 172 valence electrons. The maximum Gasteiger partial charge on any atom is 0.243 e. The van der Waals surface area contributed by atoms with Crippen LogP contribution in [0.4, 0.5) is 0 Å². The van der Waals surface area contributed by atoms with E-state index in [-0.39, 0.29) is 22.8 Å². The van der Waals surface area contributed by atoms with Crippen molar-refractivity contribution in [3.63, 3.8) is 0 Å². The number of amides is 1.